The first kappa shape index (κ1) is 11.7. The lowest BCUT2D eigenvalue weighted by atomic mass is 10.2. The third-order valence-electron chi connectivity index (χ3n) is 2.44. The van der Waals surface area contributed by atoms with Crippen LogP contribution in [0.25, 0.3) is 11.5 Å². The minimum atomic E-state index is 0.0685. The van der Waals surface area contributed by atoms with Gasteiger partial charge in [-0.25, -0.2) is 0 Å². The second kappa shape index (κ2) is 5.05. The lowest BCUT2D eigenvalue weighted by molar-refractivity contribution is 0.429. The zero-order valence-corrected chi connectivity index (χ0v) is 10.3. The van der Waals surface area contributed by atoms with Crippen molar-refractivity contribution in [3.8, 4) is 11.5 Å². The average Bonchev–Trinajstić information content (AvgIpc) is 2.78. The van der Waals surface area contributed by atoms with E-state index >= 15 is 0 Å². The molecule has 2 heterocycles. The monoisotopic (exact) mass is 232 g/mol. The minimum absolute atomic E-state index is 0.0685. The summed E-state index contributed by atoms with van der Waals surface area (Å²) in [5.74, 6) is 1.12. The SMILES string of the molecule is CCNC(C)c1nnc(-c2cncc(C)c2)o1. The average molecular weight is 232 g/mol. The van der Waals surface area contributed by atoms with Crippen LogP contribution in [0.1, 0.15) is 31.3 Å². The molecule has 0 radical (unpaired) electrons. The molecule has 2 aromatic rings. The normalized spacial score (nSPS) is 12.6. The zero-order valence-electron chi connectivity index (χ0n) is 10.3. The first-order chi connectivity index (χ1) is 8.20. The molecule has 0 aliphatic rings. The fraction of sp³-hybridized carbons (Fsp3) is 0.417. The zero-order chi connectivity index (χ0) is 12.3. The highest BCUT2D eigenvalue weighted by molar-refractivity contribution is 5.51. The van der Waals surface area contributed by atoms with Gasteiger partial charge in [0.25, 0.3) is 0 Å². The van der Waals surface area contributed by atoms with Crippen molar-refractivity contribution in [2.24, 2.45) is 0 Å². The van der Waals surface area contributed by atoms with Crippen LogP contribution in [0, 0.1) is 6.92 Å². The van der Waals surface area contributed by atoms with Crippen molar-refractivity contribution in [1.29, 1.82) is 0 Å². The second-order valence-electron chi connectivity index (χ2n) is 3.98. The van der Waals surface area contributed by atoms with Crippen LogP contribution >= 0.6 is 0 Å². The minimum Gasteiger partial charge on any atom is -0.419 e. The summed E-state index contributed by atoms with van der Waals surface area (Å²) in [6.07, 6.45) is 3.52. The Morgan fingerprint density at radius 2 is 2.18 bits per heavy atom. The van der Waals surface area contributed by atoms with Gasteiger partial charge in [-0.15, -0.1) is 10.2 Å². The molecule has 0 spiro atoms. The number of nitrogens with one attached hydrogen (secondary N) is 1. The van der Waals surface area contributed by atoms with Gasteiger partial charge >= 0.3 is 0 Å². The van der Waals surface area contributed by atoms with Crippen LogP contribution in [0.2, 0.25) is 0 Å². The van der Waals surface area contributed by atoms with E-state index in [0.29, 0.717) is 11.8 Å². The molecule has 0 bridgehead atoms. The molecule has 1 unspecified atom stereocenters. The molecule has 0 aliphatic heterocycles. The maximum absolute atomic E-state index is 5.61. The molecular formula is C12H16N4O. The quantitative estimate of drug-likeness (QED) is 0.874. The Kier molecular flexibility index (Phi) is 3.49. The number of rotatable bonds is 4. The molecule has 1 N–H and O–H groups in total. The van der Waals surface area contributed by atoms with Gasteiger partial charge in [-0.2, -0.15) is 0 Å². The molecule has 0 aromatic carbocycles. The Morgan fingerprint density at radius 3 is 2.88 bits per heavy atom. The van der Waals surface area contributed by atoms with Crippen molar-refractivity contribution < 1.29 is 4.42 Å². The molecule has 0 saturated heterocycles. The molecule has 0 saturated carbocycles. The second-order valence-corrected chi connectivity index (χ2v) is 3.98. The maximum atomic E-state index is 5.61. The molecule has 2 aromatic heterocycles. The predicted octanol–water partition coefficient (Wildman–Crippen LogP) is 2.11. The first-order valence-electron chi connectivity index (χ1n) is 5.69. The van der Waals surface area contributed by atoms with Crippen molar-refractivity contribution >= 4 is 0 Å². The summed E-state index contributed by atoms with van der Waals surface area (Å²) in [7, 11) is 0. The molecule has 17 heavy (non-hydrogen) atoms. The third kappa shape index (κ3) is 2.68. The van der Waals surface area contributed by atoms with Crippen LogP contribution in [-0.2, 0) is 0 Å². The van der Waals surface area contributed by atoms with Gasteiger partial charge in [-0.3, -0.25) is 4.98 Å². The Balaban J connectivity index is 2.23. The predicted molar refractivity (Wildman–Crippen MR) is 64.4 cm³/mol. The van der Waals surface area contributed by atoms with Gasteiger partial charge in [-0.05, 0) is 32.0 Å². The van der Waals surface area contributed by atoms with E-state index in [1.807, 2.05) is 26.8 Å². The van der Waals surface area contributed by atoms with E-state index in [4.69, 9.17) is 4.42 Å². The topological polar surface area (TPSA) is 63.8 Å². The molecule has 2 rings (SSSR count). The summed E-state index contributed by atoms with van der Waals surface area (Å²) in [5.41, 5.74) is 1.93. The smallest absolute Gasteiger partial charge is 0.249 e. The molecule has 5 heteroatoms. The number of pyridine rings is 1. The lowest BCUT2D eigenvalue weighted by Gasteiger charge is -2.05. The van der Waals surface area contributed by atoms with Crippen LogP contribution in [0.4, 0.5) is 0 Å². The summed E-state index contributed by atoms with van der Waals surface area (Å²) in [6.45, 7) is 6.88. The van der Waals surface area contributed by atoms with E-state index in [1.54, 1.807) is 12.4 Å². The Labute approximate surface area is 100 Å². The Hall–Kier alpha value is -1.75. The van der Waals surface area contributed by atoms with Crippen LogP contribution in [0.3, 0.4) is 0 Å². The standard InChI is InChI=1S/C12H16N4O/c1-4-14-9(3)11-15-16-12(17-11)10-5-8(2)6-13-7-10/h5-7,9,14H,4H2,1-3H3. The van der Waals surface area contributed by atoms with Gasteiger partial charge in [-0.1, -0.05) is 6.92 Å². The molecule has 0 fully saturated rings. The summed E-state index contributed by atoms with van der Waals surface area (Å²) < 4.78 is 5.61. The van der Waals surface area contributed by atoms with Crippen LogP contribution in [0.15, 0.2) is 22.9 Å². The highest BCUT2D eigenvalue weighted by Crippen LogP contribution is 2.20. The summed E-state index contributed by atoms with van der Waals surface area (Å²) in [5, 5.41) is 11.3. The third-order valence-corrected chi connectivity index (χ3v) is 2.44. The van der Waals surface area contributed by atoms with E-state index in [9.17, 15) is 0 Å². The number of nitrogens with zero attached hydrogens (tertiary/aromatic N) is 3. The van der Waals surface area contributed by atoms with Crippen molar-refractivity contribution in [3.63, 3.8) is 0 Å². The highest BCUT2D eigenvalue weighted by Gasteiger charge is 2.13. The van der Waals surface area contributed by atoms with Gasteiger partial charge in [0.2, 0.25) is 11.8 Å². The molecule has 5 nitrogen and oxygen atoms in total. The van der Waals surface area contributed by atoms with E-state index in [0.717, 1.165) is 17.7 Å². The lowest BCUT2D eigenvalue weighted by Crippen LogP contribution is -2.17. The largest absolute Gasteiger partial charge is 0.419 e. The number of hydrogen-bond acceptors (Lipinski definition) is 5. The molecular weight excluding hydrogens is 216 g/mol. The van der Waals surface area contributed by atoms with Crippen LogP contribution in [-0.4, -0.2) is 21.7 Å². The number of aromatic nitrogens is 3. The van der Waals surface area contributed by atoms with E-state index in [2.05, 4.69) is 20.5 Å². The van der Waals surface area contributed by atoms with E-state index in [1.165, 1.54) is 0 Å². The fourth-order valence-corrected chi connectivity index (χ4v) is 1.59. The van der Waals surface area contributed by atoms with Gasteiger partial charge in [0.15, 0.2) is 0 Å². The molecule has 0 amide bonds. The van der Waals surface area contributed by atoms with Crippen molar-refractivity contribution in [1.82, 2.24) is 20.5 Å². The summed E-state index contributed by atoms with van der Waals surface area (Å²) in [6, 6.07) is 2.04. The number of aryl methyl sites for hydroxylation is 1. The van der Waals surface area contributed by atoms with E-state index in [-0.39, 0.29) is 6.04 Å². The van der Waals surface area contributed by atoms with Gasteiger partial charge in [0, 0.05) is 12.4 Å². The Morgan fingerprint density at radius 1 is 1.35 bits per heavy atom. The van der Waals surface area contributed by atoms with Gasteiger partial charge in [0.1, 0.15) is 0 Å². The van der Waals surface area contributed by atoms with Crippen molar-refractivity contribution in [2.75, 3.05) is 6.54 Å². The van der Waals surface area contributed by atoms with Crippen LogP contribution in [0.5, 0.6) is 0 Å². The van der Waals surface area contributed by atoms with Crippen molar-refractivity contribution in [2.45, 2.75) is 26.8 Å². The fourth-order valence-electron chi connectivity index (χ4n) is 1.59. The Bertz CT molecular complexity index is 495. The summed E-state index contributed by atoms with van der Waals surface area (Å²) in [4.78, 5) is 4.11. The van der Waals surface area contributed by atoms with Gasteiger partial charge < -0.3 is 9.73 Å². The maximum Gasteiger partial charge on any atom is 0.249 e. The highest BCUT2D eigenvalue weighted by atomic mass is 16.4. The van der Waals surface area contributed by atoms with E-state index < -0.39 is 0 Å². The molecule has 1 atom stereocenters. The first-order valence-corrected chi connectivity index (χ1v) is 5.69. The summed E-state index contributed by atoms with van der Waals surface area (Å²) >= 11 is 0. The van der Waals surface area contributed by atoms with Crippen LogP contribution < -0.4 is 5.32 Å². The molecule has 0 aliphatic carbocycles. The number of hydrogen-bond donors (Lipinski definition) is 1. The molecule has 90 valence electrons. The van der Waals surface area contributed by atoms with Gasteiger partial charge in [0.05, 0.1) is 11.6 Å². The van der Waals surface area contributed by atoms with Crippen molar-refractivity contribution in [3.05, 3.63) is 29.9 Å².